The van der Waals surface area contributed by atoms with Crippen molar-refractivity contribution in [3.63, 3.8) is 0 Å². The molecule has 1 aliphatic rings. The second-order valence-corrected chi connectivity index (χ2v) is 20.6. The molecular weight excluding hydrogens is 687 g/mol. The summed E-state index contributed by atoms with van der Waals surface area (Å²) in [5.41, 5.74) is 3.70. The summed E-state index contributed by atoms with van der Waals surface area (Å²) in [7, 11) is -2.51. The topological polar surface area (TPSA) is 141 Å². The second kappa shape index (κ2) is 14.8. The van der Waals surface area contributed by atoms with Crippen molar-refractivity contribution in [2.24, 2.45) is 5.92 Å². The number of aromatic amines is 1. The first-order valence-electron chi connectivity index (χ1n) is 18.1. The highest BCUT2D eigenvalue weighted by Crippen LogP contribution is 2.45. The van der Waals surface area contributed by atoms with Crippen molar-refractivity contribution < 1.29 is 23.8 Å². The van der Waals surface area contributed by atoms with Crippen LogP contribution < -0.4 is 10.9 Å². The number of H-pyrrole nitrogens is 1. The molecule has 2 aromatic heterocycles. The highest BCUT2D eigenvalue weighted by molar-refractivity contribution is 6.74. The van der Waals surface area contributed by atoms with E-state index < -0.39 is 44.0 Å². The van der Waals surface area contributed by atoms with Crippen molar-refractivity contribution in [3.8, 4) is 0 Å². The predicted molar refractivity (Wildman–Crippen MR) is 208 cm³/mol. The van der Waals surface area contributed by atoms with Gasteiger partial charge in [-0.05, 0) is 48.7 Å². The number of benzene rings is 3. The molecule has 3 N–H and O–H groups in total. The van der Waals surface area contributed by atoms with Crippen molar-refractivity contribution >= 4 is 31.3 Å². The van der Waals surface area contributed by atoms with Gasteiger partial charge in [0.05, 0.1) is 12.9 Å². The SMILES string of the molecule is Cc1ccc(C(OC[C@H]2O[C@@H](n3cnc4c(=O)[nH]c(NC(=O)C(C)C)nc43)[C@@H](O[Si](C)(C)C(C)(C)C)C2O)(c2ccccc2)c2ccc(C)cc2)cc1. The number of fused-ring (bicyclic) bond motifs is 1. The number of nitrogens with zero attached hydrogens (tertiary/aromatic N) is 3. The van der Waals surface area contributed by atoms with Gasteiger partial charge in [0.1, 0.15) is 23.9 Å². The summed E-state index contributed by atoms with van der Waals surface area (Å²) < 4.78 is 22.4. The highest BCUT2D eigenvalue weighted by Gasteiger charge is 2.52. The molecule has 1 fully saturated rings. The molecule has 1 amide bonds. The van der Waals surface area contributed by atoms with Gasteiger partial charge in [-0.2, -0.15) is 4.98 Å². The third-order valence-corrected chi connectivity index (χ3v) is 15.1. The molecule has 0 radical (unpaired) electrons. The van der Waals surface area contributed by atoms with E-state index in [2.05, 4.69) is 117 Å². The Kier molecular flexibility index (Phi) is 10.7. The molecule has 1 unspecified atom stereocenters. The zero-order chi connectivity index (χ0) is 38.3. The Labute approximate surface area is 311 Å². The van der Waals surface area contributed by atoms with Gasteiger partial charge in [-0.25, -0.2) is 4.98 Å². The van der Waals surface area contributed by atoms with Gasteiger partial charge < -0.3 is 19.0 Å². The molecule has 6 rings (SSSR count). The third kappa shape index (κ3) is 7.51. The maximum Gasteiger partial charge on any atom is 0.280 e. The Hall–Kier alpha value is -4.46. The first-order chi connectivity index (χ1) is 25.0. The Balaban J connectivity index is 1.44. The van der Waals surface area contributed by atoms with E-state index in [9.17, 15) is 14.7 Å². The molecule has 280 valence electrons. The van der Waals surface area contributed by atoms with Crippen LogP contribution in [-0.4, -0.2) is 63.8 Å². The summed E-state index contributed by atoms with van der Waals surface area (Å²) in [5, 5.41) is 14.7. The zero-order valence-electron chi connectivity index (χ0n) is 32.0. The van der Waals surface area contributed by atoms with Crippen LogP contribution in [0.15, 0.2) is 90.0 Å². The number of carbonyl (C=O) groups is 1. The normalized spacial score (nSPS) is 19.6. The number of nitrogens with one attached hydrogen (secondary N) is 2. The van der Waals surface area contributed by atoms with Crippen molar-refractivity contribution in [3.05, 3.63) is 123 Å². The van der Waals surface area contributed by atoms with E-state index in [4.69, 9.17) is 13.9 Å². The lowest BCUT2D eigenvalue weighted by Crippen LogP contribution is -2.49. The number of anilines is 1. The molecule has 1 aliphatic heterocycles. The number of hydrogen-bond acceptors (Lipinski definition) is 8. The van der Waals surface area contributed by atoms with Crippen LogP contribution in [0.1, 0.15) is 68.7 Å². The summed E-state index contributed by atoms with van der Waals surface area (Å²) in [6, 6.07) is 26.7. The number of ether oxygens (including phenoxy) is 2. The fourth-order valence-electron chi connectivity index (χ4n) is 6.36. The Morgan fingerprint density at radius 3 is 2.08 bits per heavy atom. The third-order valence-electron chi connectivity index (χ3n) is 10.6. The van der Waals surface area contributed by atoms with Crippen molar-refractivity contribution in [1.82, 2.24) is 19.5 Å². The molecule has 0 saturated carbocycles. The van der Waals surface area contributed by atoms with E-state index in [0.717, 1.165) is 27.8 Å². The van der Waals surface area contributed by atoms with Crippen LogP contribution in [0.3, 0.4) is 0 Å². The van der Waals surface area contributed by atoms with Gasteiger partial charge in [-0.1, -0.05) is 125 Å². The average Bonchev–Trinajstić information content (AvgIpc) is 3.66. The number of rotatable bonds is 11. The van der Waals surface area contributed by atoms with Gasteiger partial charge in [0.15, 0.2) is 25.7 Å². The maximum atomic E-state index is 13.2. The van der Waals surface area contributed by atoms with Gasteiger partial charge in [-0.15, -0.1) is 0 Å². The van der Waals surface area contributed by atoms with Crippen molar-refractivity contribution in [2.75, 3.05) is 11.9 Å². The molecule has 4 atom stereocenters. The number of aryl methyl sites for hydroxylation is 2. The fraction of sp³-hybridized carbons (Fsp3) is 0.415. The fourth-order valence-corrected chi connectivity index (χ4v) is 7.65. The minimum atomic E-state index is -2.51. The standard InChI is InChI=1S/C41H51N5O6Si/c1-25(2)36(48)44-39-43-35-32(37(49)45-39)42-24-46(35)38-34(52-53(8,9)40(5,6)7)33(47)31(51-38)23-50-41(28-13-11-10-12-14-28,29-19-15-26(3)16-20-29)30-21-17-27(4)18-22-30/h10-22,24-25,31,33-34,38,47H,23H2,1-9H3,(H2,43,44,45,48,49)/t31-,33?,34+,38-/m1/s1. The molecule has 12 heteroatoms. The molecule has 1 saturated heterocycles. The Morgan fingerprint density at radius 2 is 1.53 bits per heavy atom. The summed E-state index contributed by atoms with van der Waals surface area (Å²) in [6.07, 6.45) is -2.30. The second-order valence-electron chi connectivity index (χ2n) is 15.9. The minimum absolute atomic E-state index is 0.00733. The summed E-state index contributed by atoms with van der Waals surface area (Å²) in [5.74, 6) is -0.640. The molecule has 0 aliphatic carbocycles. The molecule has 11 nitrogen and oxygen atoms in total. The molecule has 3 heterocycles. The number of carbonyl (C=O) groups excluding carboxylic acids is 1. The molecule has 0 bridgehead atoms. The molecule has 5 aromatic rings. The first kappa shape index (κ1) is 38.3. The van der Waals surface area contributed by atoms with E-state index in [1.54, 1.807) is 18.4 Å². The predicted octanol–water partition coefficient (Wildman–Crippen LogP) is 6.99. The lowest BCUT2D eigenvalue weighted by Gasteiger charge is -2.40. The molecule has 53 heavy (non-hydrogen) atoms. The molecule has 0 spiro atoms. The van der Waals surface area contributed by atoms with Crippen molar-refractivity contribution in [2.45, 2.75) is 96.7 Å². The number of aromatic nitrogens is 4. The van der Waals surface area contributed by atoms with Gasteiger partial charge in [0.2, 0.25) is 11.9 Å². The van der Waals surface area contributed by atoms with Gasteiger partial charge in [0, 0.05) is 5.92 Å². The number of amides is 1. The maximum absolute atomic E-state index is 13.2. The van der Waals surface area contributed by atoms with Crippen LogP contribution in [-0.2, 0) is 24.3 Å². The first-order valence-corrected chi connectivity index (χ1v) is 21.1. The van der Waals surface area contributed by atoms with E-state index >= 15 is 0 Å². The van der Waals surface area contributed by atoms with E-state index in [1.165, 1.54) is 6.33 Å². The van der Waals surface area contributed by atoms with E-state index in [1.807, 2.05) is 30.3 Å². The van der Waals surface area contributed by atoms with Gasteiger partial charge in [0.25, 0.3) is 5.56 Å². The molecule has 3 aromatic carbocycles. The van der Waals surface area contributed by atoms with Crippen LogP contribution in [0, 0.1) is 19.8 Å². The van der Waals surface area contributed by atoms with Crippen LogP contribution >= 0.6 is 0 Å². The van der Waals surface area contributed by atoms with Gasteiger partial charge in [-0.3, -0.25) is 24.5 Å². The number of imidazole rings is 1. The van der Waals surface area contributed by atoms with Crippen LogP contribution in [0.2, 0.25) is 18.1 Å². The number of hydrogen-bond donors (Lipinski definition) is 3. The summed E-state index contributed by atoms with van der Waals surface area (Å²) in [4.78, 5) is 37.3. The van der Waals surface area contributed by atoms with Crippen LogP contribution in [0.25, 0.3) is 11.2 Å². The summed E-state index contributed by atoms with van der Waals surface area (Å²) in [6.45, 7) is 18.2. The van der Waals surface area contributed by atoms with Gasteiger partial charge >= 0.3 is 0 Å². The van der Waals surface area contributed by atoms with Crippen LogP contribution in [0.4, 0.5) is 5.95 Å². The number of aliphatic hydroxyl groups excluding tert-OH is 1. The summed E-state index contributed by atoms with van der Waals surface area (Å²) >= 11 is 0. The lowest BCUT2D eigenvalue weighted by molar-refractivity contribution is -0.118. The zero-order valence-corrected chi connectivity index (χ0v) is 33.0. The smallest absolute Gasteiger partial charge is 0.280 e. The monoisotopic (exact) mass is 737 g/mol. The average molecular weight is 738 g/mol. The van der Waals surface area contributed by atoms with Crippen LogP contribution in [0.5, 0.6) is 0 Å². The molecular formula is C41H51N5O6Si. The minimum Gasteiger partial charge on any atom is -0.407 e. The quantitative estimate of drug-likeness (QED) is 0.0974. The number of aliphatic hydroxyl groups is 1. The Bertz CT molecular complexity index is 2060. The highest BCUT2D eigenvalue weighted by atomic mass is 28.4. The van der Waals surface area contributed by atoms with E-state index in [-0.39, 0.29) is 40.6 Å². The lowest BCUT2D eigenvalue weighted by atomic mass is 9.79. The van der Waals surface area contributed by atoms with E-state index in [0.29, 0.717) is 0 Å². The Morgan fingerprint density at radius 1 is 0.962 bits per heavy atom. The largest absolute Gasteiger partial charge is 0.407 e. The van der Waals surface area contributed by atoms with Crippen molar-refractivity contribution in [1.29, 1.82) is 0 Å².